The molecule has 0 spiro atoms. The summed E-state index contributed by atoms with van der Waals surface area (Å²) in [5, 5.41) is 1.65. The van der Waals surface area contributed by atoms with Gasteiger partial charge in [0.2, 0.25) is 0 Å². The topological polar surface area (TPSA) is 69.7 Å². The number of hydrogen-bond donors (Lipinski definition) is 2. The number of halogens is 1. The standard InChI is InChI=1S/C19H18ClN5O/c20-14-11-17(23-18-13(14)5-8-21-18)24-9-6-12(7-10-24)25-16-4-2-1-3-15(16)22-19(25)26/h1-5,8,11-12H,6-7,9-10H2,(H,21,23)(H,22,26). The lowest BCUT2D eigenvalue weighted by Gasteiger charge is -2.33. The smallest absolute Gasteiger partial charge is 0.326 e. The first-order chi connectivity index (χ1) is 12.7. The molecule has 1 aromatic carbocycles. The molecule has 0 bridgehead atoms. The Bertz CT molecular complexity index is 1150. The molecule has 7 heteroatoms. The molecule has 1 aliphatic rings. The van der Waals surface area contributed by atoms with Crippen LogP contribution in [0.15, 0.2) is 47.4 Å². The minimum atomic E-state index is -0.0291. The van der Waals surface area contributed by atoms with E-state index in [0.717, 1.165) is 53.8 Å². The molecule has 5 rings (SSSR count). The Kier molecular flexibility index (Phi) is 3.53. The van der Waals surface area contributed by atoms with E-state index >= 15 is 0 Å². The summed E-state index contributed by atoms with van der Waals surface area (Å²) in [6.07, 6.45) is 3.64. The van der Waals surface area contributed by atoms with Gasteiger partial charge in [-0.25, -0.2) is 9.78 Å². The van der Waals surface area contributed by atoms with E-state index in [0.29, 0.717) is 5.02 Å². The lowest BCUT2D eigenvalue weighted by Crippen LogP contribution is -2.37. The van der Waals surface area contributed by atoms with Crippen LogP contribution in [0.3, 0.4) is 0 Å². The Morgan fingerprint density at radius 3 is 2.81 bits per heavy atom. The quantitative estimate of drug-likeness (QED) is 0.567. The summed E-state index contributed by atoms with van der Waals surface area (Å²) in [5.74, 6) is 0.884. The van der Waals surface area contributed by atoms with Crippen LogP contribution in [0.4, 0.5) is 5.82 Å². The van der Waals surface area contributed by atoms with Gasteiger partial charge in [0.1, 0.15) is 11.5 Å². The van der Waals surface area contributed by atoms with Crippen LogP contribution >= 0.6 is 11.6 Å². The van der Waals surface area contributed by atoms with Gasteiger partial charge in [0.25, 0.3) is 0 Å². The molecular weight excluding hydrogens is 350 g/mol. The number of nitrogens with zero attached hydrogens (tertiary/aromatic N) is 3. The van der Waals surface area contributed by atoms with Gasteiger partial charge in [-0.2, -0.15) is 0 Å². The molecule has 0 saturated carbocycles. The number of aromatic nitrogens is 4. The van der Waals surface area contributed by atoms with Crippen molar-refractivity contribution in [3.8, 4) is 0 Å². The molecule has 0 radical (unpaired) electrons. The second-order valence-electron chi connectivity index (χ2n) is 6.74. The monoisotopic (exact) mass is 367 g/mol. The highest BCUT2D eigenvalue weighted by Crippen LogP contribution is 2.30. The first-order valence-corrected chi connectivity index (χ1v) is 9.16. The molecule has 3 aromatic heterocycles. The third-order valence-electron chi connectivity index (χ3n) is 5.24. The van der Waals surface area contributed by atoms with Crippen molar-refractivity contribution in [2.75, 3.05) is 18.0 Å². The van der Waals surface area contributed by atoms with Crippen LogP contribution in [0.2, 0.25) is 5.02 Å². The molecule has 1 aliphatic heterocycles. The number of rotatable bonds is 2. The van der Waals surface area contributed by atoms with Gasteiger partial charge in [0.05, 0.1) is 16.1 Å². The number of anilines is 1. The molecule has 1 fully saturated rings. The summed E-state index contributed by atoms with van der Waals surface area (Å²) in [5.41, 5.74) is 2.65. The van der Waals surface area contributed by atoms with E-state index in [4.69, 9.17) is 11.6 Å². The minimum Gasteiger partial charge on any atom is -0.356 e. The Hall–Kier alpha value is -2.73. The highest BCUT2D eigenvalue weighted by atomic mass is 35.5. The molecule has 26 heavy (non-hydrogen) atoms. The van der Waals surface area contributed by atoms with E-state index in [9.17, 15) is 4.79 Å². The maximum Gasteiger partial charge on any atom is 0.326 e. The number of imidazole rings is 1. The van der Waals surface area contributed by atoms with Crippen LogP contribution in [-0.2, 0) is 0 Å². The largest absolute Gasteiger partial charge is 0.356 e. The molecule has 0 amide bonds. The molecule has 0 unspecified atom stereocenters. The van der Waals surface area contributed by atoms with E-state index in [-0.39, 0.29) is 11.7 Å². The molecule has 4 aromatic rings. The highest BCUT2D eigenvalue weighted by molar-refractivity contribution is 6.35. The fraction of sp³-hybridized carbons (Fsp3) is 0.263. The Balaban J connectivity index is 1.41. The number of fused-ring (bicyclic) bond motifs is 2. The third kappa shape index (κ3) is 2.41. The maximum absolute atomic E-state index is 12.4. The van der Waals surface area contributed by atoms with E-state index < -0.39 is 0 Å². The molecule has 132 valence electrons. The van der Waals surface area contributed by atoms with Gasteiger partial charge in [0.15, 0.2) is 0 Å². The second-order valence-corrected chi connectivity index (χ2v) is 7.14. The zero-order valence-electron chi connectivity index (χ0n) is 14.1. The number of para-hydroxylation sites is 2. The zero-order valence-corrected chi connectivity index (χ0v) is 14.8. The van der Waals surface area contributed by atoms with Gasteiger partial charge in [-0.05, 0) is 31.0 Å². The minimum absolute atomic E-state index is 0.0291. The van der Waals surface area contributed by atoms with E-state index in [1.807, 2.05) is 47.2 Å². The van der Waals surface area contributed by atoms with Gasteiger partial charge in [-0.1, -0.05) is 23.7 Å². The third-order valence-corrected chi connectivity index (χ3v) is 5.55. The number of piperidine rings is 1. The Morgan fingerprint density at radius 2 is 1.96 bits per heavy atom. The number of nitrogens with one attached hydrogen (secondary N) is 2. The number of H-pyrrole nitrogens is 2. The first kappa shape index (κ1) is 15.5. The molecule has 1 saturated heterocycles. The number of benzene rings is 1. The average molecular weight is 368 g/mol. The Morgan fingerprint density at radius 1 is 1.15 bits per heavy atom. The number of aromatic amines is 2. The van der Waals surface area contributed by atoms with Gasteiger partial charge >= 0.3 is 5.69 Å². The molecule has 0 aliphatic carbocycles. The fourth-order valence-electron chi connectivity index (χ4n) is 3.94. The van der Waals surface area contributed by atoms with Gasteiger partial charge in [-0.3, -0.25) is 4.57 Å². The predicted molar refractivity (Wildman–Crippen MR) is 104 cm³/mol. The summed E-state index contributed by atoms with van der Waals surface area (Å²) >= 11 is 6.38. The summed E-state index contributed by atoms with van der Waals surface area (Å²) in [6.45, 7) is 1.68. The van der Waals surface area contributed by atoms with E-state index in [1.54, 1.807) is 0 Å². The Labute approximate surface area is 154 Å². The van der Waals surface area contributed by atoms with Crippen LogP contribution in [0.25, 0.3) is 22.1 Å². The summed E-state index contributed by atoms with van der Waals surface area (Å²) in [6, 6.07) is 11.9. The summed E-state index contributed by atoms with van der Waals surface area (Å²) < 4.78 is 1.90. The molecule has 0 atom stereocenters. The van der Waals surface area contributed by atoms with Crippen molar-refractivity contribution in [2.45, 2.75) is 18.9 Å². The van der Waals surface area contributed by atoms with Gasteiger partial charge in [-0.15, -0.1) is 0 Å². The molecule has 2 N–H and O–H groups in total. The summed E-state index contributed by atoms with van der Waals surface area (Å²) in [7, 11) is 0. The van der Waals surface area contributed by atoms with Crippen molar-refractivity contribution < 1.29 is 0 Å². The number of pyridine rings is 1. The molecule has 6 nitrogen and oxygen atoms in total. The van der Waals surface area contributed by atoms with Crippen molar-refractivity contribution >= 4 is 39.5 Å². The first-order valence-electron chi connectivity index (χ1n) is 8.78. The van der Waals surface area contributed by atoms with Crippen LogP contribution in [0.5, 0.6) is 0 Å². The zero-order chi connectivity index (χ0) is 17.7. The van der Waals surface area contributed by atoms with Crippen molar-refractivity contribution in [2.24, 2.45) is 0 Å². The number of hydrogen-bond acceptors (Lipinski definition) is 3. The van der Waals surface area contributed by atoms with Gasteiger partial charge in [0, 0.05) is 36.8 Å². The van der Waals surface area contributed by atoms with E-state index in [1.165, 1.54) is 0 Å². The summed E-state index contributed by atoms with van der Waals surface area (Å²) in [4.78, 5) is 25.4. The predicted octanol–water partition coefficient (Wildman–Crippen LogP) is 3.70. The average Bonchev–Trinajstić information content (AvgIpc) is 3.25. The van der Waals surface area contributed by atoms with Crippen LogP contribution in [-0.4, -0.2) is 32.6 Å². The maximum atomic E-state index is 12.4. The van der Waals surface area contributed by atoms with Crippen molar-refractivity contribution in [3.63, 3.8) is 0 Å². The lowest BCUT2D eigenvalue weighted by atomic mass is 10.0. The molecular formula is C19H18ClN5O. The van der Waals surface area contributed by atoms with E-state index in [2.05, 4.69) is 19.9 Å². The second kappa shape index (κ2) is 5.92. The van der Waals surface area contributed by atoms with Crippen molar-refractivity contribution in [1.29, 1.82) is 0 Å². The van der Waals surface area contributed by atoms with Gasteiger partial charge < -0.3 is 14.9 Å². The fourth-order valence-corrected chi connectivity index (χ4v) is 4.19. The van der Waals surface area contributed by atoms with Crippen LogP contribution in [0.1, 0.15) is 18.9 Å². The lowest BCUT2D eigenvalue weighted by molar-refractivity contribution is 0.395. The van der Waals surface area contributed by atoms with Crippen LogP contribution in [0, 0.1) is 0 Å². The normalized spacial score (nSPS) is 16.0. The van der Waals surface area contributed by atoms with Crippen LogP contribution < -0.4 is 10.6 Å². The highest BCUT2D eigenvalue weighted by Gasteiger charge is 2.24. The van der Waals surface area contributed by atoms with Crippen molar-refractivity contribution in [1.82, 2.24) is 19.5 Å². The SMILES string of the molecule is O=c1[nH]c2ccccc2n1C1CCN(c2cc(Cl)c3cc[nH]c3n2)CC1. The molecule has 4 heterocycles. The van der Waals surface area contributed by atoms with Crippen molar-refractivity contribution in [3.05, 3.63) is 58.1 Å².